The van der Waals surface area contributed by atoms with Crippen molar-refractivity contribution < 1.29 is 28.7 Å². The lowest BCUT2D eigenvalue weighted by Crippen LogP contribution is -2.67. The lowest BCUT2D eigenvalue weighted by Gasteiger charge is -2.45. The Hall–Kier alpha value is -1.61. The molecule has 0 aliphatic heterocycles. The first-order chi connectivity index (χ1) is 23.5. The van der Waals surface area contributed by atoms with E-state index in [1.807, 2.05) is 32.1 Å². The van der Waals surface area contributed by atoms with Crippen molar-refractivity contribution in [1.29, 1.82) is 0 Å². The molecule has 1 rings (SSSR count). The van der Waals surface area contributed by atoms with E-state index in [-0.39, 0.29) is 6.61 Å². The minimum atomic E-state index is -1.80. The Morgan fingerprint density at radius 2 is 1.12 bits per heavy atom. The Kier molecular flexibility index (Phi) is 25.1. The van der Waals surface area contributed by atoms with E-state index in [1.54, 1.807) is 24.3 Å². The number of carbonyl (C=O) groups excluding carboxylic acids is 2. The van der Waals surface area contributed by atoms with Crippen LogP contribution in [0.4, 0.5) is 0 Å². The number of hydrogen-bond donors (Lipinski definition) is 1. The van der Waals surface area contributed by atoms with Crippen LogP contribution >= 0.6 is 15.9 Å². The van der Waals surface area contributed by atoms with Crippen LogP contribution in [0.15, 0.2) is 30.3 Å². The molecule has 0 spiro atoms. The summed E-state index contributed by atoms with van der Waals surface area (Å²) in [4.78, 5) is 43.1. The van der Waals surface area contributed by atoms with Crippen molar-refractivity contribution in [3.05, 3.63) is 35.9 Å². The summed E-state index contributed by atoms with van der Waals surface area (Å²) in [5.41, 5.74) is -1.42. The molecule has 0 amide bonds. The number of likely N-dealkylation sites (N-methyl/N-ethyl adjacent to an activating group) is 1. The van der Waals surface area contributed by atoms with Crippen LogP contribution in [0, 0.1) is 0 Å². The van der Waals surface area contributed by atoms with Crippen molar-refractivity contribution in [2.24, 2.45) is 0 Å². The van der Waals surface area contributed by atoms with Gasteiger partial charge in [0.2, 0.25) is 4.69 Å². The molecule has 0 aliphatic rings. The number of halogens is 1. The molecule has 0 bridgehead atoms. The second-order valence-corrected chi connectivity index (χ2v) is 15.8. The van der Waals surface area contributed by atoms with E-state index in [4.69, 9.17) is 4.74 Å². The smallest absolute Gasteiger partial charge is 0.306 e. The summed E-state index contributed by atoms with van der Waals surface area (Å²) in [6.45, 7) is 6.38. The van der Waals surface area contributed by atoms with Gasteiger partial charge < -0.3 is 14.3 Å². The number of ketones is 1. The molecular formula is C41H72BrN2O5+. The molecule has 1 unspecified atom stereocenters. The second-order valence-electron chi connectivity index (χ2n) is 15.1. The van der Waals surface area contributed by atoms with E-state index in [0.29, 0.717) is 29.7 Å². The fourth-order valence-electron chi connectivity index (χ4n) is 6.64. The number of Topliss-reactive ketones (excluding diaryl/α,β-unsaturated/α-hetero) is 1. The first-order valence-electron chi connectivity index (χ1n) is 19.7. The van der Waals surface area contributed by atoms with Gasteiger partial charge in [-0.1, -0.05) is 160 Å². The Morgan fingerprint density at radius 1 is 0.714 bits per heavy atom. The number of rotatable bonds is 33. The monoisotopic (exact) mass is 751 g/mol. The van der Waals surface area contributed by atoms with Crippen molar-refractivity contribution in [2.75, 3.05) is 47.4 Å². The zero-order valence-corrected chi connectivity index (χ0v) is 33.6. The summed E-state index contributed by atoms with van der Waals surface area (Å²) in [7, 11) is 6.11. The van der Waals surface area contributed by atoms with Gasteiger partial charge >= 0.3 is 5.97 Å². The highest BCUT2D eigenvalue weighted by atomic mass is 79.9. The molecule has 7 nitrogen and oxygen atoms in total. The number of aliphatic carboxylic acids is 1. The number of unbranched alkanes of at least 4 members (excludes halogenated alkanes) is 18. The zero-order chi connectivity index (χ0) is 36.4. The van der Waals surface area contributed by atoms with Gasteiger partial charge in [0.25, 0.3) is 0 Å². The van der Waals surface area contributed by atoms with Crippen LogP contribution in [-0.4, -0.2) is 90.0 Å². The Balaban J connectivity index is 3.27. The molecule has 8 heteroatoms. The van der Waals surface area contributed by atoms with E-state index in [0.717, 1.165) is 38.5 Å². The number of hydrogen-bond acceptors (Lipinski definition) is 5. The van der Waals surface area contributed by atoms with Gasteiger partial charge in [0, 0.05) is 5.56 Å². The van der Waals surface area contributed by atoms with Crippen LogP contribution in [0.2, 0.25) is 0 Å². The molecule has 0 aromatic heterocycles. The number of benzene rings is 1. The van der Waals surface area contributed by atoms with Gasteiger partial charge in [-0.15, -0.1) is 0 Å². The van der Waals surface area contributed by atoms with Gasteiger partial charge in [-0.05, 0) is 41.9 Å². The number of carbonyl (C=O) groups is 3. The molecule has 0 heterocycles. The average Bonchev–Trinajstić information content (AvgIpc) is 3.05. The SMILES string of the molecule is CCCCCCCCCCCCN(CCCCCCCCCCCC)[C@@](C(=O)Br)(C(=O)c1ccccc1)C(CC(=O)O)OCC[N+](C)(C)C. The van der Waals surface area contributed by atoms with E-state index in [2.05, 4.69) is 29.8 Å². The lowest BCUT2D eigenvalue weighted by molar-refractivity contribution is -0.870. The molecule has 1 aromatic carbocycles. The topological polar surface area (TPSA) is 83.9 Å². The van der Waals surface area contributed by atoms with Gasteiger partial charge in [0.05, 0.1) is 34.2 Å². The number of carboxylic acid groups (broad SMARTS) is 1. The highest BCUT2D eigenvalue weighted by Crippen LogP contribution is 2.34. The van der Waals surface area contributed by atoms with Crippen LogP contribution in [0.3, 0.4) is 0 Å². The van der Waals surface area contributed by atoms with Crippen LogP contribution in [0.5, 0.6) is 0 Å². The number of carboxylic acids is 1. The Labute approximate surface area is 308 Å². The van der Waals surface area contributed by atoms with Crippen LogP contribution in [0.25, 0.3) is 0 Å². The summed E-state index contributed by atoms with van der Waals surface area (Å²) in [5.74, 6) is -1.49. The molecular weight excluding hydrogens is 680 g/mol. The fraction of sp³-hybridized carbons (Fsp3) is 0.780. The van der Waals surface area contributed by atoms with Crippen molar-refractivity contribution in [2.45, 2.75) is 160 Å². The van der Waals surface area contributed by atoms with Crippen molar-refractivity contribution >= 4 is 32.4 Å². The van der Waals surface area contributed by atoms with E-state index < -0.39 is 34.5 Å². The van der Waals surface area contributed by atoms with Gasteiger partial charge in [-0.2, -0.15) is 0 Å². The number of quaternary nitrogens is 1. The summed E-state index contributed by atoms with van der Waals surface area (Å²) in [5, 5.41) is 10.1. The van der Waals surface area contributed by atoms with Crippen molar-refractivity contribution in [3.63, 3.8) is 0 Å². The molecule has 2 atom stereocenters. The standard InChI is InChI=1S/C41H71BrN2O5/c1-6-8-10-12-14-16-18-20-22-27-31-43(32-28-23-21-19-17-15-13-11-9-7-2)41(40(42)48,39(47)36-29-25-24-26-30-36)37(35-38(45)46)49-34-33-44(3,4)5/h24-26,29-30,37H,6-23,27-28,31-35H2,1-5H3/p+1/t37?,41-/m1/s1. The lowest BCUT2D eigenvalue weighted by atomic mass is 9.81. The van der Waals surface area contributed by atoms with Crippen LogP contribution in [-0.2, 0) is 14.3 Å². The molecule has 0 saturated heterocycles. The van der Waals surface area contributed by atoms with E-state index in [1.165, 1.54) is 89.9 Å². The Morgan fingerprint density at radius 3 is 1.49 bits per heavy atom. The third-order valence-electron chi connectivity index (χ3n) is 9.65. The van der Waals surface area contributed by atoms with E-state index >= 15 is 0 Å². The Bertz CT molecular complexity index is 991. The quantitative estimate of drug-likeness (QED) is 0.0253. The van der Waals surface area contributed by atoms with Crippen molar-refractivity contribution in [1.82, 2.24) is 4.90 Å². The van der Waals surface area contributed by atoms with Gasteiger partial charge in [-0.25, -0.2) is 0 Å². The van der Waals surface area contributed by atoms with Crippen molar-refractivity contribution in [3.8, 4) is 0 Å². The van der Waals surface area contributed by atoms with Crippen LogP contribution < -0.4 is 0 Å². The molecule has 1 N–H and O–H groups in total. The molecule has 0 saturated carbocycles. The summed E-state index contributed by atoms with van der Waals surface area (Å²) >= 11 is 3.28. The first-order valence-corrected chi connectivity index (χ1v) is 20.5. The number of ether oxygens (including phenoxy) is 1. The predicted octanol–water partition coefficient (Wildman–Crippen LogP) is 10.2. The van der Waals surface area contributed by atoms with Gasteiger partial charge in [0.1, 0.15) is 12.6 Å². The normalized spacial score (nSPS) is 13.8. The maximum Gasteiger partial charge on any atom is 0.306 e. The highest BCUT2D eigenvalue weighted by Gasteiger charge is 2.56. The van der Waals surface area contributed by atoms with Gasteiger partial charge in [0.15, 0.2) is 11.3 Å². The average molecular weight is 753 g/mol. The molecule has 0 radical (unpaired) electrons. The summed E-state index contributed by atoms with van der Waals surface area (Å²) in [6.07, 6.45) is 22.1. The van der Waals surface area contributed by atoms with Gasteiger partial charge in [-0.3, -0.25) is 19.3 Å². The zero-order valence-electron chi connectivity index (χ0n) is 32.0. The second kappa shape index (κ2) is 27.1. The van der Waals surface area contributed by atoms with Crippen LogP contribution in [0.1, 0.15) is 159 Å². The minimum Gasteiger partial charge on any atom is -0.481 e. The molecule has 0 fully saturated rings. The maximum atomic E-state index is 14.7. The molecule has 49 heavy (non-hydrogen) atoms. The summed E-state index contributed by atoms with van der Waals surface area (Å²) in [6, 6.07) is 8.85. The first kappa shape index (κ1) is 45.4. The molecule has 282 valence electrons. The summed E-state index contributed by atoms with van der Waals surface area (Å²) < 4.78 is 6.46. The highest BCUT2D eigenvalue weighted by molar-refractivity contribution is 9.18. The fourth-order valence-corrected chi connectivity index (χ4v) is 7.33. The molecule has 1 aromatic rings. The number of nitrogens with zero attached hydrogens (tertiary/aromatic N) is 2. The minimum absolute atomic E-state index is 0.232. The third kappa shape index (κ3) is 19.0. The predicted molar refractivity (Wildman–Crippen MR) is 208 cm³/mol. The maximum absolute atomic E-state index is 14.7. The largest absolute Gasteiger partial charge is 0.481 e. The third-order valence-corrected chi connectivity index (χ3v) is 10.3. The molecule has 0 aliphatic carbocycles. The van der Waals surface area contributed by atoms with E-state index in [9.17, 15) is 19.5 Å².